The average molecular weight is 294 g/mol. The Morgan fingerprint density at radius 3 is 1.86 bits per heavy atom. The van der Waals surface area contributed by atoms with Gasteiger partial charge >= 0.3 is 0 Å². The number of hydrogen-bond acceptors (Lipinski definition) is 3. The summed E-state index contributed by atoms with van der Waals surface area (Å²) >= 11 is 1.75. The molecule has 0 aliphatic rings. The molecular formula is C18H18N2S. The molecule has 2 nitrogen and oxygen atoms in total. The van der Waals surface area contributed by atoms with Crippen molar-refractivity contribution in [1.29, 1.82) is 0 Å². The number of rotatable bonds is 4. The highest BCUT2D eigenvalue weighted by Crippen LogP contribution is 2.31. The topological polar surface area (TPSA) is 52.0 Å². The van der Waals surface area contributed by atoms with Crippen LogP contribution in [-0.2, 0) is 13.1 Å². The van der Waals surface area contributed by atoms with Crippen LogP contribution in [0.25, 0.3) is 21.6 Å². The van der Waals surface area contributed by atoms with E-state index < -0.39 is 0 Å². The molecule has 0 saturated carbocycles. The minimum Gasteiger partial charge on any atom is -0.326 e. The second-order valence-electron chi connectivity index (χ2n) is 4.91. The van der Waals surface area contributed by atoms with E-state index in [2.05, 4.69) is 53.9 Å². The maximum atomic E-state index is 5.88. The zero-order valence-electron chi connectivity index (χ0n) is 11.8. The average Bonchev–Trinajstić information content (AvgIpc) is 3.08. The first-order chi connectivity index (χ1) is 10.3. The van der Waals surface area contributed by atoms with Crippen molar-refractivity contribution in [2.75, 3.05) is 0 Å². The van der Waals surface area contributed by atoms with E-state index in [9.17, 15) is 0 Å². The lowest BCUT2D eigenvalue weighted by atomic mass is 9.93. The van der Waals surface area contributed by atoms with Gasteiger partial charge in [-0.15, -0.1) is 11.3 Å². The lowest BCUT2D eigenvalue weighted by Crippen LogP contribution is -2.05. The normalized spacial score (nSPS) is 10.8. The van der Waals surface area contributed by atoms with Crippen molar-refractivity contribution in [2.45, 2.75) is 13.1 Å². The van der Waals surface area contributed by atoms with Crippen LogP contribution in [0, 0.1) is 0 Å². The monoisotopic (exact) mass is 294 g/mol. The fourth-order valence-electron chi connectivity index (χ4n) is 2.61. The molecule has 3 aromatic rings. The van der Waals surface area contributed by atoms with Crippen molar-refractivity contribution >= 4 is 11.3 Å². The molecule has 106 valence electrons. The van der Waals surface area contributed by atoms with Gasteiger partial charge in [0.2, 0.25) is 0 Å². The summed E-state index contributed by atoms with van der Waals surface area (Å²) in [6.07, 6.45) is 0. The van der Waals surface area contributed by atoms with Crippen LogP contribution in [0.3, 0.4) is 0 Å². The largest absolute Gasteiger partial charge is 0.326 e. The molecule has 21 heavy (non-hydrogen) atoms. The molecule has 0 aliphatic carbocycles. The summed E-state index contributed by atoms with van der Waals surface area (Å²) in [7, 11) is 0. The van der Waals surface area contributed by atoms with Gasteiger partial charge in [-0.25, -0.2) is 0 Å². The number of nitrogens with two attached hydrogens (primary N) is 2. The first-order valence-corrected chi connectivity index (χ1v) is 7.86. The Labute approximate surface area is 129 Å². The molecular weight excluding hydrogens is 276 g/mol. The molecule has 4 N–H and O–H groups in total. The van der Waals surface area contributed by atoms with E-state index in [1.807, 2.05) is 6.07 Å². The first kappa shape index (κ1) is 14.0. The van der Waals surface area contributed by atoms with Crippen molar-refractivity contribution < 1.29 is 0 Å². The SMILES string of the molecule is NCc1cccc(CN)c1-c1ccc(-c2cccs2)cc1. The Bertz CT molecular complexity index is 693. The molecule has 0 atom stereocenters. The third-order valence-corrected chi connectivity index (χ3v) is 4.58. The van der Waals surface area contributed by atoms with E-state index in [1.165, 1.54) is 21.6 Å². The van der Waals surface area contributed by atoms with Gasteiger partial charge in [0.05, 0.1) is 0 Å². The Balaban J connectivity index is 2.05. The van der Waals surface area contributed by atoms with Gasteiger partial charge in [-0.1, -0.05) is 48.5 Å². The van der Waals surface area contributed by atoms with Crippen LogP contribution in [0.15, 0.2) is 60.0 Å². The highest BCUT2D eigenvalue weighted by atomic mass is 32.1. The van der Waals surface area contributed by atoms with Gasteiger partial charge in [0.15, 0.2) is 0 Å². The van der Waals surface area contributed by atoms with E-state index in [0.29, 0.717) is 13.1 Å². The molecule has 0 saturated heterocycles. The Morgan fingerprint density at radius 2 is 1.33 bits per heavy atom. The van der Waals surface area contributed by atoms with Crippen molar-refractivity contribution in [1.82, 2.24) is 0 Å². The minimum absolute atomic E-state index is 0.524. The molecule has 0 bridgehead atoms. The highest BCUT2D eigenvalue weighted by Gasteiger charge is 2.09. The smallest absolute Gasteiger partial charge is 0.0342 e. The highest BCUT2D eigenvalue weighted by molar-refractivity contribution is 7.13. The van der Waals surface area contributed by atoms with Crippen LogP contribution in [-0.4, -0.2) is 0 Å². The maximum Gasteiger partial charge on any atom is 0.0342 e. The molecule has 0 amide bonds. The van der Waals surface area contributed by atoms with E-state index in [4.69, 9.17) is 11.5 Å². The molecule has 1 aromatic heterocycles. The zero-order chi connectivity index (χ0) is 14.7. The van der Waals surface area contributed by atoms with Crippen LogP contribution in [0.4, 0.5) is 0 Å². The van der Waals surface area contributed by atoms with E-state index >= 15 is 0 Å². The van der Waals surface area contributed by atoms with Crippen molar-refractivity contribution in [3.8, 4) is 21.6 Å². The number of benzene rings is 2. The van der Waals surface area contributed by atoms with Crippen LogP contribution < -0.4 is 11.5 Å². The van der Waals surface area contributed by atoms with E-state index in [0.717, 1.165) is 11.1 Å². The molecule has 0 fully saturated rings. The third kappa shape index (κ3) is 2.76. The van der Waals surface area contributed by atoms with E-state index in [1.54, 1.807) is 11.3 Å². The van der Waals surface area contributed by atoms with Gasteiger partial charge in [-0.05, 0) is 39.3 Å². The summed E-state index contributed by atoms with van der Waals surface area (Å²) in [5.74, 6) is 0. The van der Waals surface area contributed by atoms with Gasteiger partial charge in [0.25, 0.3) is 0 Å². The van der Waals surface area contributed by atoms with Crippen LogP contribution in [0.2, 0.25) is 0 Å². The Morgan fingerprint density at radius 1 is 0.714 bits per heavy atom. The third-order valence-electron chi connectivity index (χ3n) is 3.66. The summed E-state index contributed by atoms with van der Waals surface area (Å²) in [6.45, 7) is 1.05. The van der Waals surface area contributed by atoms with Crippen molar-refractivity contribution in [3.05, 3.63) is 71.1 Å². The summed E-state index contributed by atoms with van der Waals surface area (Å²) in [6, 6.07) is 19.0. The molecule has 0 spiro atoms. The lowest BCUT2D eigenvalue weighted by molar-refractivity contribution is 1.03. The Kier molecular flexibility index (Phi) is 4.15. The zero-order valence-corrected chi connectivity index (χ0v) is 12.6. The summed E-state index contributed by atoms with van der Waals surface area (Å²) in [4.78, 5) is 1.28. The number of thiophene rings is 1. The standard InChI is InChI=1S/C18H18N2S/c19-11-15-3-1-4-16(12-20)18(15)14-8-6-13(7-9-14)17-5-2-10-21-17/h1-10H,11-12,19-20H2. The summed E-state index contributed by atoms with van der Waals surface area (Å²) in [5.41, 5.74) is 17.6. The van der Waals surface area contributed by atoms with Gasteiger partial charge in [0.1, 0.15) is 0 Å². The van der Waals surface area contributed by atoms with Crippen LogP contribution >= 0.6 is 11.3 Å². The lowest BCUT2D eigenvalue weighted by Gasteiger charge is -2.13. The predicted octanol–water partition coefficient (Wildman–Crippen LogP) is 4.00. The molecule has 0 radical (unpaired) electrons. The fourth-order valence-corrected chi connectivity index (χ4v) is 3.34. The second-order valence-corrected chi connectivity index (χ2v) is 5.86. The van der Waals surface area contributed by atoms with Crippen LogP contribution in [0.1, 0.15) is 11.1 Å². The van der Waals surface area contributed by atoms with Gasteiger partial charge in [-0.3, -0.25) is 0 Å². The molecule has 3 rings (SSSR count). The second kappa shape index (κ2) is 6.22. The Hall–Kier alpha value is -1.94. The molecule has 1 heterocycles. The van der Waals surface area contributed by atoms with Gasteiger partial charge in [0, 0.05) is 18.0 Å². The van der Waals surface area contributed by atoms with Crippen LogP contribution in [0.5, 0.6) is 0 Å². The quantitative estimate of drug-likeness (QED) is 0.764. The van der Waals surface area contributed by atoms with E-state index in [-0.39, 0.29) is 0 Å². The first-order valence-electron chi connectivity index (χ1n) is 6.98. The van der Waals surface area contributed by atoms with Gasteiger partial charge < -0.3 is 11.5 Å². The maximum absolute atomic E-state index is 5.88. The molecule has 2 aromatic carbocycles. The van der Waals surface area contributed by atoms with Gasteiger partial charge in [-0.2, -0.15) is 0 Å². The minimum atomic E-state index is 0.524. The molecule has 0 aliphatic heterocycles. The van der Waals surface area contributed by atoms with Crippen molar-refractivity contribution in [3.63, 3.8) is 0 Å². The predicted molar refractivity (Wildman–Crippen MR) is 91.0 cm³/mol. The fraction of sp³-hybridized carbons (Fsp3) is 0.111. The molecule has 0 unspecified atom stereocenters. The summed E-state index contributed by atoms with van der Waals surface area (Å²) in [5, 5.41) is 2.10. The molecule has 3 heteroatoms. The van der Waals surface area contributed by atoms with Crippen molar-refractivity contribution in [2.24, 2.45) is 11.5 Å². The summed E-state index contributed by atoms with van der Waals surface area (Å²) < 4.78 is 0. The number of hydrogen-bond donors (Lipinski definition) is 2.